The van der Waals surface area contributed by atoms with Gasteiger partial charge in [-0.25, -0.2) is 9.97 Å². The van der Waals surface area contributed by atoms with Gasteiger partial charge in [0, 0.05) is 24.4 Å². The Morgan fingerprint density at radius 3 is 2.38 bits per heavy atom. The maximum Gasteiger partial charge on any atom is 0.223 e. The summed E-state index contributed by atoms with van der Waals surface area (Å²) in [6.45, 7) is 0. The lowest BCUT2D eigenvalue weighted by atomic mass is 9.88. The summed E-state index contributed by atoms with van der Waals surface area (Å²) in [5.74, 6) is 1.76. The molecule has 4 unspecified atom stereocenters. The van der Waals surface area contributed by atoms with E-state index in [2.05, 4.69) is 78.2 Å². The molecule has 34 heavy (non-hydrogen) atoms. The number of nitrogens with two attached hydrogens (primary N) is 1. The molecule has 1 amide bonds. The normalized spacial score (nSPS) is 23.9. The molecule has 1 aromatic heterocycles. The fourth-order valence-corrected chi connectivity index (χ4v) is 5.73. The second kappa shape index (κ2) is 8.56. The van der Waals surface area contributed by atoms with Gasteiger partial charge in [0.2, 0.25) is 5.91 Å². The zero-order valence-electron chi connectivity index (χ0n) is 19.0. The first-order valence-corrected chi connectivity index (χ1v) is 12.1. The van der Waals surface area contributed by atoms with Crippen molar-refractivity contribution in [1.82, 2.24) is 9.97 Å². The lowest BCUT2D eigenvalue weighted by molar-refractivity contribution is -0.122. The van der Waals surface area contributed by atoms with Gasteiger partial charge in [0.05, 0.1) is 11.6 Å². The van der Waals surface area contributed by atoms with Gasteiger partial charge in [-0.05, 0) is 41.4 Å². The van der Waals surface area contributed by atoms with E-state index >= 15 is 0 Å². The number of hydrogen-bond donors (Lipinski definition) is 2. The van der Waals surface area contributed by atoms with Crippen LogP contribution in [0.2, 0.25) is 0 Å². The highest BCUT2D eigenvalue weighted by atomic mass is 16.1. The van der Waals surface area contributed by atoms with Crippen molar-refractivity contribution in [1.29, 1.82) is 0 Å². The average Bonchev–Trinajstić information content (AvgIpc) is 3.57. The van der Waals surface area contributed by atoms with Gasteiger partial charge in [0.1, 0.15) is 11.6 Å². The van der Waals surface area contributed by atoms with Gasteiger partial charge in [-0.15, -0.1) is 0 Å². The van der Waals surface area contributed by atoms with Crippen LogP contribution in [0.5, 0.6) is 0 Å². The Bertz CT molecular complexity index is 1280. The fraction of sp³-hybridized carbons (Fsp3) is 0.276. The molecule has 1 fully saturated rings. The van der Waals surface area contributed by atoms with Crippen LogP contribution in [0.1, 0.15) is 40.2 Å². The number of carbonyl (C=O) groups excluding carboxylic acids is 1. The van der Waals surface area contributed by atoms with Gasteiger partial charge in [-0.1, -0.05) is 78.9 Å². The predicted octanol–water partition coefficient (Wildman–Crippen LogP) is 4.32. The molecular formula is C29H28N4O. The third-order valence-electron chi connectivity index (χ3n) is 7.39. The highest BCUT2D eigenvalue weighted by Gasteiger charge is 2.47. The van der Waals surface area contributed by atoms with Crippen LogP contribution in [0.15, 0.2) is 72.8 Å². The van der Waals surface area contributed by atoms with Crippen LogP contribution in [0.25, 0.3) is 6.08 Å². The van der Waals surface area contributed by atoms with Gasteiger partial charge in [0.15, 0.2) is 0 Å². The number of anilines is 1. The zero-order valence-corrected chi connectivity index (χ0v) is 19.0. The minimum Gasteiger partial charge on any atom is -0.369 e. The number of benzene rings is 2. The standard InChI is InChI=1S/C29H28N4O/c30-28(34)26-21-13-14-22(17-21)27(26)33-29-23-7-4-8-24(23)31-25(32-29)16-20-11-9-19(10-12-20)15-18-5-2-1-3-6-18/h1-7,9-14,21-22,26-27H,8,15-17H2,(H2,30,34)(H,31,32,33). The molecule has 3 N–H and O–H groups in total. The van der Waals surface area contributed by atoms with Gasteiger partial charge in [0.25, 0.3) is 0 Å². The Kier molecular flexibility index (Phi) is 5.25. The van der Waals surface area contributed by atoms with Crippen LogP contribution in [0.3, 0.4) is 0 Å². The van der Waals surface area contributed by atoms with Crippen LogP contribution in [-0.4, -0.2) is 21.9 Å². The minimum atomic E-state index is -0.230. The summed E-state index contributed by atoms with van der Waals surface area (Å²) < 4.78 is 0. The van der Waals surface area contributed by atoms with Crippen LogP contribution in [0, 0.1) is 17.8 Å². The molecule has 5 heteroatoms. The van der Waals surface area contributed by atoms with Crippen LogP contribution >= 0.6 is 0 Å². The monoisotopic (exact) mass is 448 g/mol. The number of aromatic nitrogens is 2. The summed E-state index contributed by atoms with van der Waals surface area (Å²) in [7, 11) is 0. The van der Waals surface area contributed by atoms with Gasteiger partial charge >= 0.3 is 0 Å². The smallest absolute Gasteiger partial charge is 0.223 e. The van der Waals surface area contributed by atoms with Crippen molar-refractivity contribution in [2.75, 3.05) is 5.32 Å². The number of nitrogens with one attached hydrogen (secondary N) is 1. The van der Waals surface area contributed by atoms with E-state index in [0.29, 0.717) is 12.3 Å². The molecule has 0 aliphatic heterocycles. The quantitative estimate of drug-likeness (QED) is 0.528. The number of rotatable bonds is 7. The minimum absolute atomic E-state index is 0.00869. The second-order valence-electron chi connectivity index (χ2n) is 9.66. The molecule has 5 nitrogen and oxygen atoms in total. The topological polar surface area (TPSA) is 80.9 Å². The van der Waals surface area contributed by atoms with E-state index in [1.165, 1.54) is 16.7 Å². The molecule has 0 radical (unpaired) electrons. The third kappa shape index (κ3) is 3.92. The maximum atomic E-state index is 12.2. The van der Waals surface area contributed by atoms with Crippen LogP contribution in [-0.2, 0) is 24.1 Å². The van der Waals surface area contributed by atoms with E-state index < -0.39 is 0 Å². The van der Waals surface area contributed by atoms with E-state index in [4.69, 9.17) is 15.7 Å². The summed E-state index contributed by atoms with van der Waals surface area (Å²) in [5, 5.41) is 3.61. The van der Waals surface area contributed by atoms with Crippen molar-refractivity contribution in [3.8, 4) is 0 Å². The van der Waals surface area contributed by atoms with E-state index in [1.807, 2.05) is 6.07 Å². The van der Waals surface area contributed by atoms with E-state index in [-0.39, 0.29) is 23.8 Å². The van der Waals surface area contributed by atoms with Crippen molar-refractivity contribution in [2.45, 2.75) is 31.7 Å². The molecule has 1 heterocycles. The summed E-state index contributed by atoms with van der Waals surface area (Å²) in [6, 6.07) is 19.2. The van der Waals surface area contributed by atoms with Crippen molar-refractivity contribution in [3.05, 3.63) is 107 Å². The van der Waals surface area contributed by atoms with Gasteiger partial charge in [-0.2, -0.15) is 0 Å². The zero-order chi connectivity index (χ0) is 23.1. The summed E-state index contributed by atoms with van der Waals surface area (Å²) in [4.78, 5) is 22.0. The lowest BCUT2D eigenvalue weighted by Crippen LogP contribution is -2.41. The highest BCUT2D eigenvalue weighted by molar-refractivity contribution is 5.80. The predicted molar refractivity (Wildman–Crippen MR) is 134 cm³/mol. The molecule has 3 aliphatic carbocycles. The number of hydrogen-bond acceptors (Lipinski definition) is 4. The summed E-state index contributed by atoms with van der Waals surface area (Å²) >= 11 is 0. The molecule has 3 aliphatic rings. The van der Waals surface area contributed by atoms with Crippen molar-refractivity contribution in [3.63, 3.8) is 0 Å². The maximum absolute atomic E-state index is 12.2. The number of nitrogens with zero attached hydrogens (tertiary/aromatic N) is 2. The Balaban J connectivity index is 1.22. The number of amides is 1. The molecule has 0 saturated heterocycles. The Morgan fingerprint density at radius 2 is 1.62 bits per heavy atom. The number of allylic oxidation sites excluding steroid dienone is 2. The first-order chi connectivity index (χ1) is 16.6. The van der Waals surface area contributed by atoms with Crippen LogP contribution in [0.4, 0.5) is 5.82 Å². The third-order valence-corrected chi connectivity index (χ3v) is 7.39. The average molecular weight is 449 g/mol. The highest BCUT2D eigenvalue weighted by Crippen LogP contribution is 2.45. The van der Waals surface area contributed by atoms with Crippen molar-refractivity contribution < 1.29 is 4.79 Å². The molecular weight excluding hydrogens is 420 g/mol. The summed E-state index contributed by atoms with van der Waals surface area (Å²) in [5.41, 5.74) is 11.6. The molecule has 4 atom stereocenters. The number of primary amides is 1. The van der Waals surface area contributed by atoms with Crippen molar-refractivity contribution >= 4 is 17.8 Å². The molecule has 2 bridgehead atoms. The molecule has 170 valence electrons. The van der Waals surface area contributed by atoms with E-state index in [1.54, 1.807) is 0 Å². The number of carbonyl (C=O) groups is 1. The van der Waals surface area contributed by atoms with Gasteiger partial charge < -0.3 is 11.1 Å². The van der Waals surface area contributed by atoms with Gasteiger partial charge in [-0.3, -0.25) is 4.79 Å². The van der Waals surface area contributed by atoms with Crippen LogP contribution < -0.4 is 11.1 Å². The molecule has 6 rings (SSSR count). The van der Waals surface area contributed by atoms with E-state index in [9.17, 15) is 4.79 Å². The Morgan fingerprint density at radius 1 is 0.912 bits per heavy atom. The Hall–Kier alpha value is -3.73. The molecule has 1 saturated carbocycles. The SMILES string of the molecule is NC(=O)C1C2C=CC(C2)C1Nc1nc(Cc2ccc(Cc3ccccc3)cc2)nc2c1C=CC2. The number of fused-ring (bicyclic) bond motifs is 3. The second-order valence-corrected chi connectivity index (χ2v) is 9.66. The largest absolute Gasteiger partial charge is 0.369 e. The first kappa shape index (κ1) is 20.8. The fourth-order valence-electron chi connectivity index (χ4n) is 5.73. The first-order valence-electron chi connectivity index (χ1n) is 12.1. The van der Waals surface area contributed by atoms with E-state index in [0.717, 1.165) is 42.2 Å². The molecule has 3 aromatic rings. The summed E-state index contributed by atoms with van der Waals surface area (Å²) in [6.07, 6.45) is 12.0. The Labute approximate surface area is 199 Å². The molecule has 2 aromatic carbocycles. The molecule has 0 spiro atoms. The lowest BCUT2D eigenvalue weighted by Gasteiger charge is -2.28. The van der Waals surface area contributed by atoms with Crippen molar-refractivity contribution in [2.24, 2.45) is 23.5 Å².